The van der Waals surface area contributed by atoms with E-state index in [0.717, 1.165) is 28.1 Å². The molecule has 146 valence electrons. The number of fused-ring (bicyclic) bond motifs is 1. The molecule has 0 unspecified atom stereocenters. The summed E-state index contributed by atoms with van der Waals surface area (Å²) < 4.78 is 2.14. The average Bonchev–Trinajstić information content (AvgIpc) is 3.03. The maximum atomic E-state index is 12.6. The highest BCUT2D eigenvalue weighted by molar-refractivity contribution is 6.31. The van der Waals surface area contributed by atoms with Crippen LogP contribution in [0.5, 0.6) is 0 Å². The highest BCUT2D eigenvalue weighted by Crippen LogP contribution is 2.25. The third-order valence-electron chi connectivity index (χ3n) is 5.09. The van der Waals surface area contributed by atoms with E-state index in [1.807, 2.05) is 49.4 Å². The van der Waals surface area contributed by atoms with E-state index in [2.05, 4.69) is 41.9 Å². The van der Waals surface area contributed by atoms with E-state index in [-0.39, 0.29) is 5.91 Å². The van der Waals surface area contributed by atoms with Crippen LogP contribution < -0.4 is 5.32 Å². The predicted octanol–water partition coefficient (Wildman–Crippen LogP) is 5.53. The van der Waals surface area contributed by atoms with Gasteiger partial charge in [-0.15, -0.1) is 0 Å². The van der Waals surface area contributed by atoms with Gasteiger partial charge in [0.15, 0.2) is 0 Å². The summed E-state index contributed by atoms with van der Waals surface area (Å²) in [7, 11) is 0. The van der Waals surface area contributed by atoms with Crippen LogP contribution >= 0.6 is 11.6 Å². The zero-order valence-corrected chi connectivity index (χ0v) is 17.4. The van der Waals surface area contributed by atoms with Gasteiger partial charge in [-0.2, -0.15) is 0 Å². The van der Waals surface area contributed by atoms with Crippen LogP contribution in [0.2, 0.25) is 5.02 Å². The van der Waals surface area contributed by atoms with E-state index < -0.39 is 0 Å². The van der Waals surface area contributed by atoms with Crippen molar-refractivity contribution < 1.29 is 4.79 Å². The molecule has 0 fully saturated rings. The summed E-state index contributed by atoms with van der Waals surface area (Å²) in [5.41, 5.74) is 6.74. The molecule has 0 saturated carbocycles. The molecule has 4 nitrogen and oxygen atoms in total. The number of carbonyl (C=O) groups is 1. The van der Waals surface area contributed by atoms with Crippen molar-refractivity contribution in [3.8, 4) is 5.69 Å². The fourth-order valence-electron chi connectivity index (χ4n) is 3.53. The predicted molar refractivity (Wildman–Crippen MR) is 118 cm³/mol. The number of nitrogens with one attached hydrogen (secondary N) is 1. The third-order valence-corrected chi connectivity index (χ3v) is 5.46. The van der Waals surface area contributed by atoms with Gasteiger partial charge in [-0.05, 0) is 67.8 Å². The lowest BCUT2D eigenvalue weighted by Gasteiger charge is -2.12. The molecule has 1 aromatic heterocycles. The van der Waals surface area contributed by atoms with Crippen molar-refractivity contribution in [2.24, 2.45) is 0 Å². The van der Waals surface area contributed by atoms with Crippen LogP contribution in [0.4, 0.5) is 0 Å². The summed E-state index contributed by atoms with van der Waals surface area (Å²) in [4.78, 5) is 17.3. The first-order valence-electron chi connectivity index (χ1n) is 9.52. The Morgan fingerprint density at radius 2 is 1.83 bits per heavy atom. The smallest absolute Gasteiger partial charge is 0.251 e. The second-order valence-electron chi connectivity index (χ2n) is 7.26. The van der Waals surface area contributed by atoms with Crippen molar-refractivity contribution in [2.75, 3.05) is 0 Å². The van der Waals surface area contributed by atoms with Gasteiger partial charge < -0.3 is 5.32 Å². The number of carbonyl (C=O) groups excluding carboxylic acids is 1. The van der Waals surface area contributed by atoms with Crippen LogP contribution in [-0.2, 0) is 6.54 Å². The minimum Gasteiger partial charge on any atom is -0.348 e. The Morgan fingerprint density at radius 1 is 1.03 bits per heavy atom. The highest BCUT2D eigenvalue weighted by Gasteiger charge is 2.14. The molecule has 5 heteroatoms. The molecule has 0 atom stereocenters. The first-order valence-corrected chi connectivity index (χ1v) is 9.90. The molecule has 0 bridgehead atoms. The summed E-state index contributed by atoms with van der Waals surface area (Å²) >= 11 is 6.17. The van der Waals surface area contributed by atoms with Crippen LogP contribution in [0.1, 0.15) is 32.9 Å². The summed E-state index contributed by atoms with van der Waals surface area (Å²) in [5.74, 6) is 0.744. The van der Waals surface area contributed by atoms with Gasteiger partial charge in [0.2, 0.25) is 0 Å². The molecule has 4 rings (SSSR count). The van der Waals surface area contributed by atoms with E-state index in [9.17, 15) is 4.79 Å². The Balaban J connectivity index is 1.64. The van der Waals surface area contributed by atoms with Crippen LogP contribution in [0.3, 0.4) is 0 Å². The molecule has 0 aliphatic rings. The molecular formula is C24H22ClN3O. The summed E-state index contributed by atoms with van der Waals surface area (Å²) in [6, 6.07) is 19.5. The maximum absolute atomic E-state index is 12.6. The van der Waals surface area contributed by atoms with Gasteiger partial charge in [-0.1, -0.05) is 41.9 Å². The third kappa shape index (κ3) is 3.76. The van der Waals surface area contributed by atoms with Crippen LogP contribution in [0, 0.1) is 20.8 Å². The molecule has 0 radical (unpaired) electrons. The van der Waals surface area contributed by atoms with E-state index >= 15 is 0 Å². The summed E-state index contributed by atoms with van der Waals surface area (Å²) in [6.07, 6.45) is 0. The number of hydrogen-bond donors (Lipinski definition) is 1. The number of aryl methyl sites for hydroxylation is 3. The Hall–Kier alpha value is -3.11. The number of aromatic nitrogens is 2. The quantitative estimate of drug-likeness (QED) is 0.486. The second-order valence-corrected chi connectivity index (χ2v) is 7.67. The highest BCUT2D eigenvalue weighted by atomic mass is 35.5. The molecule has 1 heterocycles. The van der Waals surface area contributed by atoms with Crippen molar-refractivity contribution >= 4 is 28.5 Å². The Morgan fingerprint density at radius 3 is 2.62 bits per heavy atom. The number of imidazole rings is 1. The standard InChI is InChI=1S/C24H22ClN3O/c1-15-8-9-16(2)23(12-15)28-17(3)27-21-13-18(10-11-22(21)28)24(29)26-14-19-6-4-5-7-20(19)25/h4-13H,14H2,1-3H3,(H,26,29). The van der Waals surface area contributed by atoms with Crippen LogP contribution in [-0.4, -0.2) is 15.5 Å². The van der Waals surface area contributed by atoms with Crippen molar-refractivity contribution in [3.63, 3.8) is 0 Å². The van der Waals surface area contributed by atoms with E-state index in [1.165, 1.54) is 11.1 Å². The molecule has 0 aliphatic carbocycles. The topological polar surface area (TPSA) is 46.9 Å². The zero-order valence-electron chi connectivity index (χ0n) is 16.7. The molecular weight excluding hydrogens is 382 g/mol. The molecule has 1 amide bonds. The second kappa shape index (κ2) is 7.72. The average molecular weight is 404 g/mol. The monoisotopic (exact) mass is 403 g/mol. The number of hydrogen-bond acceptors (Lipinski definition) is 2. The summed E-state index contributed by atoms with van der Waals surface area (Å²) in [5, 5.41) is 3.58. The maximum Gasteiger partial charge on any atom is 0.251 e. The van der Waals surface area contributed by atoms with Gasteiger partial charge in [-0.3, -0.25) is 9.36 Å². The van der Waals surface area contributed by atoms with Crippen LogP contribution in [0.15, 0.2) is 60.7 Å². The van der Waals surface area contributed by atoms with Crippen molar-refractivity contribution in [1.82, 2.24) is 14.9 Å². The van der Waals surface area contributed by atoms with E-state index in [4.69, 9.17) is 16.6 Å². The van der Waals surface area contributed by atoms with Gasteiger partial charge in [0.25, 0.3) is 5.91 Å². The van der Waals surface area contributed by atoms with Gasteiger partial charge >= 0.3 is 0 Å². The number of amides is 1. The molecule has 29 heavy (non-hydrogen) atoms. The number of nitrogens with zero attached hydrogens (tertiary/aromatic N) is 2. The lowest BCUT2D eigenvalue weighted by molar-refractivity contribution is 0.0951. The molecule has 3 aromatic carbocycles. The minimum absolute atomic E-state index is 0.147. The SMILES string of the molecule is Cc1ccc(C)c(-n2c(C)nc3cc(C(=O)NCc4ccccc4Cl)ccc32)c1. The Kier molecular flexibility index (Phi) is 5.12. The molecule has 4 aromatic rings. The fraction of sp³-hybridized carbons (Fsp3) is 0.167. The molecule has 1 N–H and O–H groups in total. The van der Waals surface area contributed by atoms with E-state index in [1.54, 1.807) is 0 Å². The lowest BCUT2D eigenvalue weighted by Crippen LogP contribution is -2.22. The van der Waals surface area contributed by atoms with Crippen molar-refractivity contribution in [1.29, 1.82) is 0 Å². The van der Waals surface area contributed by atoms with Gasteiger partial charge in [0.1, 0.15) is 5.82 Å². The van der Waals surface area contributed by atoms with Gasteiger partial charge in [0, 0.05) is 17.1 Å². The number of rotatable bonds is 4. The number of halogens is 1. The van der Waals surface area contributed by atoms with Crippen molar-refractivity contribution in [2.45, 2.75) is 27.3 Å². The first-order chi connectivity index (χ1) is 13.9. The largest absolute Gasteiger partial charge is 0.348 e. The number of benzene rings is 3. The molecule has 0 saturated heterocycles. The van der Waals surface area contributed by atoms with Crippen molar-refractivity contribution in [3.05, 3.63) is 93.8 Å². The Bertz CT molecular complexity index is 1230. The molecule has 0 spiro atoms. The zero-order chi connectivity index (χ0) is 20.5. The van der Waals surface area contributed by atoms with Gasteiger partial charge in [-0.25, -0.2) is 4.98 Å². The Labute approximate surface area is 175 Å². The van der Waals surface area contributed by atoms with Gasteiger partial charge in [0.05, 0.1) is 16.7 Å². The minimum atomic E-state index is -0.147. The molecule has 0 aliphatic heterocycles. The summed E-state index contributed by atoms with van der Waals surface area (Å²) in [6.45, 7) is 6.54. The lowest BCUT2D eigenvalue weighted by atomic mass is 10.1. The fourth-order valence-corrected chi connectivity index (χ4v) is 3.73. The van der Waals surface area contributed by atoms with Crippen LogP contribution in [0.25, 0.3) is 16.7 Å². The first kappa shape index (κ1) is 19.2. The van der Waals surface area contributed by atoms with E-state index in [0.29, 0.717) is 17.1 Å². The normalized spacial score (nSPS) is 11.0.